The van der Waals surface area contributed by atoms with Crippen molar-refractivity contribution in [1.29, 1.82) is 0 Å². The molecule has 0 atom stereocenters. The Kier molecular flexibility index (Phi) is 9.39. The van der Waals surface area contributed by atoms with E-state index in [4.69, 9.17) is 9.47 Å². The van der Waals surface area contributed by atoms with E-state index in [1.807, 2.05) is 37.3 Å². The quantitative estimate of drug-likeness (QED) is 0.307. The molecule has 0 fully saturated rings. The highest BCUT2D eigenvalue weighted by atomic mass is 32.2. The van der Waals surface area contributed by atoms with E-state index in [2.05, 4.69) is 10.5 Å². The molecular formula is C26H29N3O5S. The summed E-state index contributed by atoms with van der Waals surface area (Å²) < 4.78 is 38.3. The number of hydrogen-bond donors (Lipinski definition) is 1. The summed E-state index contributed by atoms with van der Waals surface area (Å²) in [6, 6.07) is 22.8. The summed E-state index contributed by atoms with van der Waals surface area (Å²) in [6.45, 7) is 2.24. The average Bonchev–Trinajstić information content (AvgIpc) is 2.88. The first-order valence-corrected chi connectivity index (χ1v) is 12.6. The summed E-state index contributed by atoms with van der Waals surface area (Å²) in [5, 5.41) is 3.96. The Morgan fingerprint density at radius 3 is 2.26 bits per heavy atom. The van der Waals surface area contributed by atoms with Crippen LogP contribution in [0.25, 0.3) is 0 Å². The standard InChI is InChI=1S/C26H29N3O5S/c1-3-34-24-11-9-22(10-12-24)19-27-28-26(30)20-29(18-17-21-7-5-4-6-8-21)35(31,32)25-15-13-23(33-2)14-16-25/h4-16,19H,3,17-18,20H2,1-2H3,(H,28,30)/b27-19-. The minimum absolute atomic E-state index is 0.0806. The number of ether oxygens (including phenoxy) is 2. The van der Waals surface area contributed by atoms with Crippen molar-refractivity contribution in [3.63, 3.8) is 0 Å². The summed E-state index contributed by atoms with van der Waals surface area (Å²) in [7, 11) is -2.42. The Bertz CT molecular complexity index is 1210. The first-order valence-electron chi connectivity index (χ1n) is 11.1. The minimum Gasteiger partial charge on any atom is -0.497 e. The highest BCUT2D eigenvalue weighted by Gasteiger charge is 2.26. The second-order valence-corrected chi connectivity index (χ2v) is 9.48. The molecule has 3 aromatic rings. The monoisotopic (exact) mass is 495 g/mol. The fraction of sp³-hybridized carbons (Fsp3) is 0.231. The van der Waals surface area contributed by atoms with Crippen molar-refractivity contribution >= 4 is 22.1 Å². The van der Waals surface area contributed by atoms with Gasteiger partial charge in [-0.2, -0.15) is 9.41 Å². The number of sulfonamides is 1. The van der Waals surface area contributed by atoms with Crippen LogP contribution in [0.3, 0.4) is 0 Å². The lowest BCUT2D eigenvalue weighted by Crippen LogP contribution is -2.40. The number of benzene rings is 3. The molecule has 0 saturated carbocycles. The smallest absolute Gasteiger partial charge is 0.255 e. The minimum atomic E-state index is -3.93. The molecule has 35 heavy (non-hydrogen) atoms. The van der Waals surface area contributed by atoms with Crippen molar-refractivity contribution < 1.29 is 22.7 Å². The van der Waals surface area contributed by atoms with Gasteiger partial charge in [-0.15, -0.1) is 0 Å². The van der Waals surface area contributed by atoms with E-state index in [0.29, 0.717) is 18.8 Å². The SMILES string of the molecule is CCOc1ccc(/C=N\NC(=O)CN(CCc2ccccc2)S(=O)(=O)c2ccc(OC)cc2)cc1. The van der Waals surface area contributed by atoms with E-state index in [0.717, 1.165) is 21.2 Å². The summed E-state index contributed by atoms with van der Waals surface area (Å²) in [5.41, 5.74) is 4.15. The predicted molar refractivity (Wildman–Crippen MR) is 135 cm³/mol. The van der Waals surface area contributed by atoms with Gasteiger partial charge in [0.15, 0.2) is 0 Å². The molecule has 8 nitrogen and oxygen atoms in total. The molecule has 0 radical (unpaired) electrons. The third kappa shape index (κ3) is 7.66. The van der Waals surface area contributed by atoms with Gasteiger partial charge in [0.2, 0.25) is 10.0 Å². The highest BCUT2D eigenvalue weighted by Crippen LogP contribution is 2.20. The van der Waals surface area contributed by atoms with Crippen molar-refractivity contribution in [3.05, 3.63) is 90.0 Å². The lowest BCUT2D eigenvalue weighted by Gasteiger charge is -2.21. The number of amides is 1. The van der Waals surface area contributed by atoms with E-state index < -0.39 is 15.9 Å². The molecule has 0 spiro atoms. The zero-order chi connectivity index (χ0) is 25.1. The molecule has 3 rings (SSSR count). The number of hydrazone groups is 1. The Balaban J connectivity index is 1.70. The molecule has 0 heterocycles. The van der Waals surface area contributed by atoms with Gasteiger partial charge in [0.05, 0.1) is 31.4 Å². The van der Waals surface area contributed by atoms with Crippen LogP contribution in [0.5, 0.6) is 11.5 Å². The van der Waals surface area contributed by atoms with E-state index in [1.54, 1.807) is 36.4 Å². The van der Waals surface area contributed by atoms with Gasteiger partial charge in [-0.3, -0.25) is 4.79 Å². The Morgan fingerprint density at radius 2 is 1.63 bits per heavy atom. The normalized spacial score (nSPS) is 11.5. The van der Waals surface area contributed by atoms with Crippen molar-refractivity contribution in [2.45, 2.75) is 18.2 Å². The van der Waals surface area contributed by atoms with E-state index in [9.17, 15) is 13.2 Å². The number of carbonyl (C=O) groups is 1. The zero-order valence-corrected chi connectivity index (χ0v) is 20.6. The molecule has 1 N–H and O–H groups in total. The molecule has 0 unspecified atom stereocenters. The number of rotatable bonds is 12. The van der Waals surface area contributed by atoms with Gasteiger partial charge in [0.25, 0.3) is 5.91 Å². The number of hydrogen-bond acceptors (Lipinski definition) is 6. The predicted octanol–water partition coefficient (Wildman–Crippen LogP) is 3.48. The number of nitrogens with zero attached hydrogens (tertiary/aromatic N) is 2. The van der Waals surface area contributed by atoms with Gasteiger partial charge >= 0.3 is 0 Å². The van der Waals surface area contributed by atoms with Crippen molar-refractivity contribution in [3.8, 4) is 11.5 Å². The van der Waals surface area contributed by atoms with Crippen LogP contribution in [-0.2, 0) is 21.2 Å². The average molecular weight is 496 g/mol. The molecule has 0 aliphatic heterocycles. The Labute approximate surface area is 206 Å². The van der Waals surface area contributed by atoms with E-state index in [-0.39, 0.29) is 18.0 Å². The fourth-order valence-corrected chi connectivity index (χ4v) is 4.67. The van der Waals surface area contributed by atoms with Crippen LogP contribution < -0.4 is 14.9 Å². The van der Waals surface area contributed by atoms with E-state index >= 15 is 0 Å². The Morgan fingerprint density at radius 1 is 0.971 bits per heavy atom. The van der Waals surface area contributed by atoms with Crippen LogP contribution >= 0.6 is 0 Å². The maximum atomic E-state index is 13.3. The van der Waals surface area contributed by atoms with Gasteiger partial charge in [0, 0.05) is 6.54 Å². The van der Waals surface area contributed by atoms with Crippen LogP contribution in [0.1, 0.15) is 18.1 Å². The molecule has 1 amide bonds. The molecule has 0 aliphatic rings. The van der Waals surface area contributed by atoms with Crippen LogP contribution in [0, 0.1) is 0 Å². The number of nitrogens with one attached hydrogen (secondary N) is 1. The van der Waals surface area contributed by atoms with Crippen molar-refractivity contribution in [2.75, 3.05) is 26.8 Å². The highest BCUT2D eigenvalue weighted by molar-refractivity contribution is 7.89. The molecule has 0 bridgehead atoms. The third-order valence-electron chi connectivity index (χ3n) is 5.10. The molecular weight excluding hydrogens is 466 g/mol. The molecule has 0 aliphatic carbocycles. The fourth-order valence-electron chi connectivity index (χ4n) is 3.27. The van der Waals surface area contributed by atoms with Gasteiger partial charge in [0.1, 0.15) is 11.5 Å². The number of methoxy groups -OCH3 is 1. The molecule has 9 heteroatoms. The largest absolute Gasteiger partial charge is 0.497 e. The first-order chi connectivity index (χ1) is 16.9. The van der Waals surface area contributed by atoms with Gasteiger partial charge in [-0.05, 0) is 73.0 Å². The summed E-state index contributed by atoms with van der Waals surface area (Å²) in [5.74, 6) is 0.741. The molecule has 0 saturated heterocycles. The molecule has 3 aromatic carbocycles. The van der Waals surface area contributed by atoms with Crippen LogP contribution in [0.4, 0.5) is 0 Å². The third-order valence-corrected chi connectivity index (χ3v) is 6.96. The van der Waals surface area contributed by atoms with Crippen molar-refractivity contribution in [1.82, 2.24) is 9.73 Å². The van der Waals surface area contributed by atoms with Gasteiger partial charge in [-0.25, -0.2) is 13.8 Å². The molecule has 0 aromatic heterocycles. The van der Waals surface area contributed by atoms with Crippen LogP contribution in [0.15, 0.2) is 88.9 Å². The molecule has 184 valence electrons. The first kappa shape index (κ1) is 25.9. The zero-order valence-electron chi connectivity index (χ0n) is 19.8. The van der Waals surface area contributed by atoms with Gasteiger partial charge < -0.3 is 9.47 Å². The topological polar surface area (TPSA) is 97.3 Å². The summed E-state index contributed by atoms with van der Waals surface area (Å²) >= 11 is 0. The summed E-state index contributed by atoms with van der Waals surface area (Å²) in [6.07, 6.45) is 1.94. The van der Waals surface area contributed by atoms with Gasteiger partial charge in [-0.1, -0.05) is 30.3 Å². The van der Waals surface area contributed by atoms with E-state index in [1.165, 1.54) is 25.5 Å². The summed E-state index contributed by atoms with van der Waals surface area (Å²) in [4.78, 5) is 12.7. The second kappa shape index (κ2) is 12.7. The van der Waals surface area contributed by atoms with Crippen LogP contribution in [0.2, 0.25) is 0 Å². The lowest BCUT2D eigenvalue weighted by atomic mass is 10.1. The maximum Gasteiger partial charge on any atom is 0.255 e. The van der Waals surface area contributed by atoms with Crippen molar-refractivity contribution in [2.24, 2.45) is 5.10 Å². The van der Waals surface area contributed by atoms with Crippen LogP contribution in [-0.4, -0.2) is 51.7 Å². The maximum absolute atomic E-state index is 13.3. The Hall–Kier alpha value is -3.69. The number of carbonyl (C=O) groups excluding carboxylic acids is 1. The second-order valence-electron chi connectivity index (χ2n) is 7.54. The lowest BCUT2D eigenvalue weighted by molar-refractivity contribution is -0.121.